The van der Waals surface area contributed by atoms with Crippen LogP contribution in [0.3, 0.4) is 0 Å². The Morgan fingerprint density at radius 1 is 1.55 bits per heavy atom. The van der Waals surface area contributed by atoms with Crippen molar-refractivity contribution in [3.05, 3.63) is 33.3 Å². The zero-order valence-electron chi connectivity index (χ0n) is 11.6. The smallest absolute Gasteiger partial charge is 0.271 e. The lowest BCUT2D eigenvalue weighted by atomic mass is 10.1. The second kappa shape index (κ2) is 6.61. The first-order valence-corrected chi connectivity index (χ1v) is 7.01. The zero-order chi connectivity index (χ0) is 16.3. The summed E-state index contributed by atoms with van der Waals surface area (Å²) in [5.74, 6) is -1.02. The summed E-state index contributed by atoms with van der Waals surface area (Å²) in [7, 11) is 0. The van der Waals surface area contributed by atoms with E-state index in [1.54, 1.807) is 4.90 Å². The topological polar surface area (TPSA) is 119 Å². The van der Waals surface area contributed by atoms with Crippen molar-refractivity contribution in [2.75, 3.05) is 25.0 Å². The quantitative estimate of drug-likeness (QED) is 0.597. The maximum absolute atomic E-state index is 11.7. The van der Waals surface area contributed by atoms with Gasteiger partial charge < -0.3 is 16.0 Å². The van der Waals surface area contributed by atoms with Crippen LogP contribution in [-0.4, -0.2) is 41.3 Å². The van der Waals surface area contributed by atoms with E-state index in [4.69, 9.17) is 17.3 Å². The summed E-state index contributed by atoms with van der Waals surface area (Å²) >= 11 is 5.95. The second-order valence-corrected chi connectivity index (χ2v) is 5.40. The van der Waals surface area contributed by atoms with Crippen LogP contribution in [0, 0.1) is 16.0 Å². The van der Waals surface area contributed by atoms with Crippen molar-refractivity contribution in [3.8, 4) is 0 Å². The molecule has 0 radical (unpaired) electrons. The van der Waals surface area contributed by atoms with E-state index in [2.05, 4.69) is 5.32 Å². The summed E-state index contributed by atoms with van der Waals surface area (Å²) in [6.07, 6.45) is 0.146. The summed E-state index contributed by atoms with van der Waals surface area (Å²) in [5, 5.41) is 13.9. The number of nitro benzene ring substituents is 1. The van der Waals surface area contributed by atoms with Gasteiger partial charge in [0, 0.05) is 38.2 Å². The number of benzene rings is 1. The van der Waals surface area contributed by atoms with Crippen LogP contribution in [0.25, 0.3) is 0 Å². The highest BCUT2D eigenvalue weighted by molar-refractivity contribution is 6.33. The van der Waals surface area contributed by atoms with Gasteiger partial charge in [-0.05, 0) is 6.07 Å². The van der Waals surface area contributed by atoms with Crippen LogP contribution in [0.5, 0.6) is 0 Å². The molecule has 22 heavy (non-hydrogen) atoms. The van der Waals surface area contributed by atoms with Gasteiger partial charge in [0.15, 0.2) is 0 Å². The first-order chi connectivity index (χ1) is 10.4. The van der Waals surface area contributed by atoms with E-state index in [9.17, 15) is 19.7 Å². The molecule has 1 fully saturated rings. The van der Waals surface area contributed by atoms with Crippen molar-refractivity contribution in [2.24, 2.45) is 11.7 Å². The number of hydrogen-bond donors (Lipinski definition) is 2. The van der Waals surface area contributed by atoms with Gasteiger partial charge >= 0.3 is 0 Å². The number of amides is 2. The number of nitrogens with one attached hydrogen (secondary N) is 1. The molecule has 2 amide bonds. The molecule has 0 aliphatic carbocycles. The number of likely N-dealkylation sites (tertiary alicyclic amines) is 1. The minimum Gasteiger partial charge on any atom is -0.382 e. The van der Waals surface area contributed by atoms with Crippen LogP contribution >= 0.6 is 11.6 Å². The molecule has 8 nitrogen and oxygen atoms in total. The third kappa shape index (κ3) is 3.64. The van der Waals surface area contributed by atoms with Crippen molar-refractivity contribution in [1.82, 2.24) is 4.90 Å². The molecule has 1 atom stereocenters. The van der Waals surface area contributed by atoms with Gasteiger partial charge in [-0.15, -0.1) is 0 Å². The van der Waals surface area contributed by atoms with Crippen molar-refractivity contribution in [3.63, 3.8) is 0 Å². The van der Waals surface area contributed by atoms with E-state index in [1.165, 1.54) is 18.2 Å². The molecule has 1 aliphatic rings. The molecule has 1 aliphatic heterocycles. The van der Waals surface area contributed by atoms with Crippen molar-refractivity contribution >= 4 is 34.8 Å². The molecule has 0 aromatic heterocycles. The highest BCUT2D eigenvalue weighted by Gasteiger charge is 2.32. The van der Waals surface area contributed by atoms with E-state index in [0.717, 1.165) is 0 Å². The van der Waals surface area contributed by atoms with Gasteiger partial charge in [-0.25, -0.2) is 0 Å². The largest absolute Gasteiger partial charge is 0.382 e. The van der Waals surface area contributed by atoms with Crippen molar-refractivity contribution < 1.29 is 14.5 Å². The summed E-state index contributed by atoms with van der Waals surface area (Å²) < 4.78 is 0. The Labute approximate surface area is 131 Å². The molecule has 0 bridgehead atoms. The summed E-state index contributed by atoms with van der Waals surface area (Å²) in [6.45, 7) is 1.13. The number of non-ortho nitro benzene ring substituents is 1. The molecule has 1 heterocycles. The number of anilines is 1. The lowest BCUT2D eigenvalue weighted by molar-refractivity contribution is -0.384. The lowest BCUT2D eigenvalue weighted by Gasteiger charge is -2.17. The summed E-state index contributed by atoms with van der Waals surface area (Å²) in [5.41, 5.74) is 5.65. The maximum atomic E-state index is 11.7. The molecule has 1 aromatic carbocycles. The second-order valence-electron chi connectivity index (χ2n) is 4.99. The van der Waals surface area contributed by atoms with Gasteiger partial charge in [-0.2, -0.15) is 0 Å². The Balaban J connectivity index is 1.88. The average molecular weight is 327 g/mol. The Morgan fingerprint density at radius 3 is 2.82 bits per heavy atom. The number of primary amides is 1. The van der Waals surface area contributed by atoms with Gasteiger partial charge in [0.05, 0.1) is 21.6 Å². The van der Waals surface area contributed by atoms with Crippen molar-refractivity contribution in [2.45, 2.75) is 6.42 Å². The fourth-order valence-electron chi connectivity index (χ4n) is 2.27. The first-order valence-electron chi connectivity index (χ1n) is 6.63. The minimum atomic E-state index is -0.525. The number of nitro groups is 1. The predicted octanol–water partition coefficient (Wildman–Crippen LogP) is 0.994. The number of nitrogens with two attached hydrogens (primary N) is 1. The van der Waals surface area contributed by atoms with Gasteiger partial charge in [0.25, 0.3) is 5.69 Å². The Kier molecular flexibility index (Phi) is 4.81. The number of hydrogen-bond acceptors (Lipinski definition) is 5. The Bertz CT molecular complexity index is 622. The van der Waals surface area contributed by atoms with Crippen molar-refractivity contribution in [1.29, 1.82) is 0 Å². The van der Waals surface area contributed by atoms with Gasteiger partial charge in [-0.1, -0.05) is 11.6 Å². The normalized spacial score (nSPS) is 17.6. The highest BCUT2D eigenvalue weighted by atomic mass is 35.5. The van der Waals surface area contributed by atoms with Crippen LogP contribution in [-0.2, 0) is 9.59 Å². The van der Waals surface area contributed by atoms with Crippen LogP contribution in [0.2, 0.25) is 5.02 Å². The predicted molar refractivity (Wildman–Crippen MR) is 80.5 cm³/mol. The number of rotatable bonds is 6. The third-order valence-corrected chi connectivity index (χ3v) is 3.79. The number of halogens is 1. The molecule has 9 heteroatoms. The molecule has 1 saturated heterocycles. The van der Waals surface area contributed by atoms with Crippen LogP contribution in [0.15, 0.2) is 18.2 Å². The summed E-state index contributed by atoms with van der Waals surface area (Å²) in [6, 6.07) is 4.12. The average Bonchev–Trinajstić information content (AvgIpc) is 2.82. The van der Waals surface area contributed by atoms with Crippen LogP contribution in [0.4, 0.5) is 11.4 Å². The third-order valence-electron chi connectivity index (χ3n) is 3.48. The number of nitrogens with zero attached hydrogens (tertiary/aromatic N) is 2. The zero-order valence-corrected chi connectivity index (χ0v) is 12.4. The molecular formula is C13H15ClN4O4. The Hall–Kier alpha value is -2.35. The Morgan fingerprint density at radius 2 is 2.27 bits per heavy atom. The van der Waals surface area contributed by atoms with E-state index < -0.39 is 16.7 Å². The van der Waals surface area contributed by atoms with Gasteiger partial charge in [0.1, 0.15) is 0 Å². The van der Waals surface area contributed by atoms with Gasteiger partial charge in [-0.3, -0.25) is 19.7 Å². The SMILES string of the molecule is NC(=O)C1CC(=O)N(CCNc2ccc([N+](=O)[O-])cc2Cl)C1. The minimum absolute atomic E-state index is 0.0884. The van der Waals surface area contributed by atoms with Crippen LogP contribution in [0.1, 0.15) is 6.42 Å². The van der Waals surface area contributed by atoms with Gasteiger partial charge in [0.2, 0.25) is 11.8 Å². The maximum Gasteiger partial charge on any atom is 0.271 e. The van der Waals surface area contributed by atoms with E-state index >= 15 is 0 Å². The first kappa shape index (κ1) is 16.0. The molecule has 3 N–H and O–H groups in total. The monoisotopic (exact) mass is 326 g/mol. The van der Waals surface area contributed by atoms with E-state index in [-0.39, 0.29) is 23.0 Å². The molecule has 0 spiro atoms. The lowest BCUT2D eigenvalue weighted by Crippen LogP contribution is -2.32. The summed E-state index contributed by atoms with van der Waals surface area (Å²) in [4.78, 5) is 34.4. The van der Waals surface area contributed by atoms with E-state index in [1.807, 2.05) is 0 Å². The van der Waals surface area contributed by atoms with E-state index in [0.29, 0.717) is 25.3 Å². The standard InChI is InChI=1S/C13H15ClN4O4/c14-10-6-9(18(21)22)1-2-11(10)16-3-4-17-7-8(13(15)20)5-12(17)19/h1-2,6,8,16H,3-5,7H2,(H2,15,20). The van der Waals surface area contributed by atoms with Crippen LogP contribution < -0.4 is 11.1 Å². The number of carbonyl (C=O) groups is 2. The molecule has 118 valence electrons. The molecule has 2 rings (SSSR count). The highest BCUT2D eigenvalue weighted by Crippen LogP contribution is 2.26. The molecular weight excluding hydrogens is 312 g/mol. The molecule has 1 unspecified atom stereocenters. The number of carbonyl (C=O) groups excluding carboxylic acids is 2. The fourth-order valence-corrected chi connectivity index (χ4v) is 2.51. The molecule has 0 saturated carbocycles. The fraction of sp³-hybridized carbons (Fsp3) is 0.385. The molecule has 1 aromatic rings.